The van der Waals surface area contributed by atoms with Crippen molar-refractivity contribution < 1.29 is 0 Å². The number of para-hydroxylation sites is 2. The fourth-order valence-electron chi connectivity index (χ4n) is 2.24. The number of aromatic amines is 1. The summed E-state index contributed by atoms with van der Waals surface area (Å²) in [4.78, 5) is 12.0. The van der Waals surface area contributed by atoms with Crippen LogP contribution in [0.3, 0.4) is 0 Å². The fourth-order valence-corrected chi connectivity index (χ4v) is 2.24. The first kappa shape index (κ1) is 12.8. The Hall–Kier alpha value is -2.20. The van der Waals surface area contributed by atoms with Crippen LogP contribution < -0.4 is 5.32 Å². The minimum absolute atomic E-state index is 0.869. The van der Waals surface area contributed by atoms with Crippen molar-refractivity contribution in [3.63, 3.8) is 0 Å². The molecule has 1 aromatic carbocycles. The summed E-state index contributed by atoms with van der Waals surface area (Å²) < 4.78 is 0. The smallest absolute Gasteiger partial charge is 0.107 e. The Morgan fingerprint density at radius 3 is 2.90 bits per heavy atom. The van der Waals surface area contributed by atoms with Gasteiger partial charge in [-0.2, -0.15) is 0 Å². The third kappa shape index (κ3) is 3.22. The molecule has 0 atom stereocenters. The normalized spacial score (nSPS) is 11.0. The summed E-state index contributed by atoms with van der Waals surface area (Å²) >= 11 is 0. The standard InChI is InChI=1S/C16H18N4/c1-2-7-15-14(6-1)19-16(20-15)8-4-10-18-12-13-5-3-9-17-11-13/h1-3,5-7,9,11,18H,4,8,10,12H2,(H,19,20). The summed E-state index contributed by atoms with van der Waals surface area (Å²) in [5, 5.41) is 3.42. The van der Waals surface area contributed by atoms with Gasteiger partial charge >= 0.3 is 0 Å². The van der Waals surface area contributed by atoms with Gasteiger partial charge in [-0.15, -0.1) is 0 Å². The van der Waals surface area contributed by atoms with Gasteiger partial charge in [0.1, 0.15) is 5.82 Å². The largest absolute Gasteiger partial charge is 0.342 e. The first-order valence-corrected chi connectivity index (χ1v) is 6.95. The summed E-state index contributed by atoms with van der Waals surface area (Å²) in [5.41, 5.74) is 3.38. The number of pyridine rings is 1. The molecular weight excluding hydrogens is 248 g/mol. The summed E-state index contributed by atoms with van der Waals surface area (Å²) in [6.45, 7) is 1.85. The number of imidazole rings is 1. The van der Waals surface area contributed by atoms with Crippen LogP contribution >= 0.6 is 0 Å². The van der Waals surface area contributed by atoms with E-state index in [1.807, 2.05) is 30.5 Å². The third-order valence-electron chi connectivity index (χ3n) is 3.26. The lowest BCUT2D eigenvalue weighted by atomic mass is 10.2. The second-order valence-electron chi connectivity index (χ2n) is 4.84. The third-order valence-corrected chi connectivity index (χ3v) is 3.26. The Kier molecular flexibility index (Phi) is 4.04. The number of aryl methyl sites for hydroxylation is 1. The Labute approximate surface area is 118 Å². The molecule has 20 heavy (non-hydrogen) atoms. The van der Waals surface area contributed by atoms with Crippen LogP contribution in [0, 0.1) is 0 Å². The number of fused-ring (bicyclic) bond motifs is 1. The number of hydrogen-bond acceptors (Lipinski definition) is 3. The van der Waals surface area contributed by atoms with Gasteiger partial charge in [-0.1, -0.05) is 18.2 Å². The Morgan fingerprint density at radius 2 is 2.05 bits per heavy atom. The molecule has 3 aromatic rings. The zero-order valence-electron chi connectivity index (χ0n) is 11.3. The Morgan fingerprint density at radius 1 is 1.10 bits per heavy atom. The predicted octanol–water partition coefficient (Wildman–Crippen LogP) is 2.68. The molecule has 102 valence electrons. The van der Waals surface area contributed by atoms with E-state index in [0.29, 0.717) is 0 Å². The van der Waals surface area contributed by atoms with Gasteiger partial charge in [0.15, 0.2) is 0 Å². The quantitative estimate of drug-likeness (QED) is 0.674. The minimum atomic E-state index is 0.869. The summed E-state index contributed by atoms with van der Waals surface area (Å²) in [5.74, 6) is 1.06. The molecule has 0 radical (unpaired) electrons. The van der Waals surface area contributed by atoms with Crippen molar-refractivity contribution >= 4 is 11.0 Å². The first-order chi connectivity index (χ1) is 9.92. The molecule has 2 heterocycles. The van der Waals surface area contributed by atoms with Crippen LogP contribution in [-0.4, -0.2) is 21.5 Å². The van der Waals surface area contributed by atoms with Gasteiger partial charge in [-0.3, -0.25) is 4.98 Å². The van der Waals surface area contributed by atoms with Crippen molar-refractivity contribution in [1.82, 2.24) is 20.3 Å². The molecule has 0 saturated heterocycles. The van der Waals surface area contributed by atoms with Crippen LogP contribution in [0.25, 0.3) is 11.0 Å². The van der Waals surface area contributed by atoms with E-state index >= 15 is 0 Å². The molecule has 0 aliphatic carbocycles. The average Bonchev–Trinajstić information content (AvgIpc) is 2.90. The number of rotatable bonds is 6. The number of nitrogens with zero attached hydrogens (tertiary/aromatic N) is 2. The first-order valence-electron chi connectivity index (χ1n) is 6.95. The van der Waals surface area contributed by atoms with Gasteiger partial charge in [-0.05, 0) is 36.7 Å². The van der Waals surface area contributed by atoms with E-state index < -0.39 is 0 Å². The molecule has 0 aliphatic rings. The second-order valence-corrected chi connectivity index (χ2v) is 4.84. The van der Waals surface area contributed by atoms with Gasteiger partial charge in [-0.25, -0.2) is 4.98 Å². The fraction of sp³-hybridized carbons (Fsp3) is 0.250. The molecule has 0 fully saturated rings. The maximum absolute atomic E-state index is 4.58. The van der Waals surface area contributed by atoms with Crippen LogP contribution in [0.15, 0.2) is 48.8 Å². The summed E-state index contributed by atoms with van der Waals surface area (Å²) in [6, 6.07) is 12.2. The number of H-pyrrole nitrogens is 1. The molecule has 2 N–H and O–H groups in total. The number of benzene rings is 1. The molecule has 0 spiro atoms. The number of aromatic nitrogens is 3. The zero-order chi connectivity index (χ0) is 13.6. The average molecular weight is 266 g/mol. The topological polar surface area (TPSA) is 53.6 Å². The highest BCUT2D eigenvalue weighted by molar-refractivity contribution is 5.74. The second kappa shape index (κ2) is 6.30. The van der Waals surface area contributed by atoms with Crippen molar-refractivity contribution in [2.75, 3.05) is 6.54 Å². The number of nitrogens with one attached hydrogen (secondary N) is 2. The molecule has 3 rings (SSSR count). The van der Waals surface area contributed by atoms with E-state index in [1.54, 1.807) is 6.20 Å². The number of hydrogen-bond donors (Lipinski definition) is 2. The molecule has 4 nitrogen and oxygen atoms in total. The van der Waals surface area contributed by atoms with Crippen LogP contribution in [0.1, 0.15) is 17.8 Å². The van der Waals surface area contributed by atoms with Crippen LogP contribution in [0.2, 0.25) is 0 Å². The minimum Gasteiger partial charge on any atom is -0.342 e. The molecule has 2 aromatic heterocycles. The predicted molar refractivity (Wildman–Crippen MR) is 80.4 cm³/mol. The van der Waals surface area contributed by atoms with Crippen molar-refractivity contribution in [2.45, 2.75) is 19.4 Å². The molecule has 0 unspecified atom stereocenters. The van der Waals surface area contributed by atoms with Gasteiger partial charge < -0.3 is 10.3 Å². The van der Waals surface area contributed by atoms with E-state index in [-0.39, 0.29) is 0 Å². The Bertz CT molecular complexity index is 627. The van der Waals surface area contributed by atoms with Crippen molar-refractivity contribution in [2.24, 2.45) is 0 Å². The summed E-state index contributed by atoms with van der Waals surface area (Å²) in [6.07, 6.45) is 5.73. The highest BCUT2D eigenvalue weighted by Crippen LogP contribution is 2.11. The SMILES string of the molecule is c1cncc(CNCCCc2nc3ccccc3[nH]2)c1. The molecule has 0 aliphatic heterocycles. The monoisotopic (exact) mass is 266 g/mol. The van der Waals surface area contributed by atoms with Gasteiger partial charge in [0.05, 0.1) is 11.0 Å². The maximum Gasteiger partial charge on any atom is 0.107 e. The summed E-state index contributed by atoms with van der Waals surface area (Å²) in [7, 11) is 0. The zero-order valence-corrected chi connectivity index (χ0v) is 11.3. The van der Waals surface area contributed by atoms with Crippen molar-refractivity contribution in [3.05, 3.63) is 60.2 Å². The highest BCUT2D eigenvalue weighted by atomic mass is 14.9. The van der Waals surface area contributed by atoms with E-state index in [9.17, 15) is 0 Å². The van der Waals surface area contributed by atoms with E-state index in [2.05, 4.69) is 32.4 Å². The van der Waals surface area contributed by atoms with Gasteiger partial charge in [0.25, 0.3) is 0 Å². The maximum atomic E-state index is 4.58. The molecular formula is C16H18N4. The molecule has 4 heteroatoms. The van der Waals surface area contributed by atoms with Crippen molar-refractivity contribution in [3.8, 4) is 0 Å². The van der Waals surface area contributed by atoms with E-state index in [4.69, 9.17) is 0 Å². The lowest BCUT2D eigenvalue weighted by Gasteiger charge is -2.03. The van der Waals surface area contributed by atoms with Crippen LogP contribution in [-0.2, 0) is 13.0 Å². The lowest BCUT2D eigenvalue weighted by Crippen LogP contribution is -2.15. The molecule has 0 amide bonds. The lowest BCUT2D eigenvalue weighted by molar-refractivity contribution is 0.640. The van der Waals surface area contributed by atoms with E-state index in [0.717, 1.165) is 42.8 Å². The van der Waals surface area contributed by atoms with Crippen molar-refractivity contribution in [1.29, 1.82) is 0 Å². The van der Waals surface area contributed by atoms with Crippen LogP contribution in [0.5, 0.6) is 0 Å². The Balaban J connectivity index is 1.43. The van der Waals surface area contributed by atoms with Gasteiger partial charge in [0, 0.05) is 25.4 Å². The van der Waals surface area contributed by atoms with Gasteiger partial charge in [0.2, 0.25) is 0 Å². The highest BCUT2D eigenvalue weighted by Gasteiger charge is 2.01. The molecule has 0 saturated carbocycles. The van der Waals surface area contributed by atoms with E-state index in [1.165, 1.54) is 5.56 Å². The van der Waals surface area contributed by atoms with Crippen LogP contribution in [0.4, 0.5) is 0 Å². The molecule has 0 bridgehead atoms.